The molecule has 0 saturated carbocycles. The van der Waals surface area contributed by atoms with Crippen LogP contribution in [0.15, 0.2) is 42.6 Å². The number of pyridine rings is 2. The molecule has 2 aliphatic heterocycles. The standard InChI is InChI=1S/C27H26ClN5O3/c1-14-5-3-6-15-13-30-27(34)21-22(15)33-24(25(21)31-19-8-4-7-17(28)26(19)35-2)16-11-12-29-18-9-10-20(36-14)32-23(16)18/h4,7-12,14-15,31,33H,3,5-6,13H2,1-2H3,(H,30,34)/t14-,15-/m1/s1. The second kappa shape index (κ2) is 9.02. The van der Waals surface area contributed by atoms with Gasteiger partial charge < -0.3 is 25.1 Å². The summed E-state index contributed by atoms with van der Waals surface area (Å²) in [7, 11) is 1.57. The van der Waals surface area contributed by atoms with Gasteiger partial charge >= 0.3 is 0 Å². The normalized spacial score (nSPS) is 19.0. The lowest BCUT2D eigenvalue weighted by molar-refractivity contribution is 0.0939. The Bertz CT molecular complexity index is 1480. The molecule has 1 amide bonds. The summed E-state index contributed by atoms with van der Waals surface area (Å²) in [6, 6.07) is 11.2. The van der Waals surface area contributed by atoms with Crippen LogP contribution in [0.4, 0.5) is 11.4 Å². The molecule has 1 aromatic carbocycles. The van der Waals surface area contributed by atoms with Gasteiger partial charge in [-0.2, -0.15) is 0 Å². The van der Waals surface area contributed by atoms with Gasteiger partial charge in [0.1, 0.15) is 5.52 Å². The van der Waals surface area contributed by atoms with Crippen LogP contribution in [0.2, 0.25) is 5.02 Å². The Labute approximate surface area is 213 Å². The number of benzene rings is 1. The number of methoxy groups -OCH3 is 1. The number of carbonyl (C=O) groups is 1. The lowest BCUT2D eigenvalue weighted by Crippen LogP contribution is -2.35. The first-order chi connectivity index (χ1) is 17.5. The number of hydrogen-bond donors (Lipinski definition) is 3. The van der Waals surface area contributed by atoms with E-state index in [1.165, 1.54) is 0 Å². The molecule has 4 bridgehead atoms. The highest BCUT2D eigenvalue weighted by Gasteiger charge is 2.33. The van der Waals surface area contributed by atoms with Crippen molar-refractivity contribution in [2.75, 3.05) is 19.0 Å². The van der Waals surface area contributed by atoms with Gasteiger partial charge in [-0.1, -0.05) is 17.7 Å². The largest absolute Gasteiger partial charge is 0.493 e. The second-order valence-corrected chi connectivity index (χ2v) is 9.66. The molecule has 0 aliphatic carbocycles. The molecule has 8 nitrogen and oxygen atoms in total. The van der Waals surface area contributed by atoms with Crippen molar-refractivity contribution in [3.8, 4) is 22.9 Å². The smallest absolute Gasteiger partial charge is 0.255 e. The van der Waals surface area contributed by atoms with Crippen LogP contribution >= 0.6 is 11.6 Å². The maximum Gasteiger partial charge on any atom is 0.255 e. The minimum Gasteiger partial charge on any atom is -0.493 e. The molecule has 0 radical (unpaired) electrons. The molecule has 2 aliphatic rings. The van der Waals surface area contributed by atoms with Gasteiger partial charge in [0, 0.05) is 36.0 Å². The molecular weight excluding hydrogens is 478 g/mol. The third-order valence-electron chi connectivity index (χ3n) is 6.92. The number of nitrogens with one attached hydrogen (secondary N) is 3. The van der Waals surface area contributed by atoms with Gasteiger partial charge in [0.2, 0.25) is 5.88 Å². The summed E-state index contributed by atoms with van der Waals surface area (Å²) in [4.78, 5) is 26.2. The Balaban J connectivity index is 1.62. The topological polar surface area (TPSA) is 101 Å². The third kappa shape index (κ3) is 3.82. The minimum atomic E-state index is -0.122. The number of nitrogens with zero attached hydrogens (tertiary/aromatic N) is 2. The number of amides is 1. The molecule has 9 heteroatoms. The van der Waals surface area contributed by atoms with Crippen LogP contribution in [0.1, 0.15) is 48.2 Å². The predicted octanol–water partition coefficient (Wildman–Crippen LogP) is 5.81. The fraction of sp³-hybridized carbons (Fsp3) is 0.296. The number of halogens is 1. The van der Waals surface area contributed by atoms with Crippen LogP contribution in [-0.2, 0) is 0 Å². The number of rotatable bonds is 3. The van der Waals surface area contributed by atoms with Crippen molar-refractivity contribution >= 4 is 39.9 Å². The van der Waals surface area contributed by atoms with Gasteiger partial charge in [-0.25, -0.2) is 4.98 Å². The molecule has 0 fully saturated rings. The van der Waals surface area contributed by atoms with Crippen molar-refractivity contribution in [2.24, 2.45) is 0 Å². The van der Waals surface area contributed by atoms with Crippen LogP contribution in [-0.4, -0.2) is 40.6 Å². The van der Waals surface area contributed by atoms with E-state index < -0.39 is 0 Å². The van der Waals surface area contributed by atoms with Gasteiger partial charge in [-0.05, 0) is 50.5 Å². The maximum atomic E-state index is 13.3. The number of fused-ring (bicyclic) bond motifs is 3. The Morgan fingerprint density at radius 2 is 2.08 bits per heavy atom. The second-order valence-electron chi connectivity index (χ2n) is 9.25. The molecule has 0 unspecified atom stereocenters. The number of carbonyl (C=O) groups excluding carboxylic acids is 1. The zero-order chi connectivity index (χ0) is 24.8. The van der Waals surface area contributed by atoms with Gasteiger partial charge in [0.25, 0.3) is 5.91 Å². The molecule has 6 rings (SSSR count). The van der Waals surface area contributed by atoms with Crippen molar-refractivity contribution in [1.29, 1.82) is 0 Å². The molecular formula is C27H26ClN5O3. The summed E-state index contributed by atoms with van der Waals surface area (Å²) in [5, 5.41) is 7.03. The van der Waals surface area contributed by atoms with Crippen LogP contribution in [0.3, 0.4) is 0 Å². The van der Waals surface area contributed by atoms with Crippen LogP contribution < -0.4 is 20.1 Å². The quantitative estimate of drug-likeness (QED) is 0.326. The van der Waals surface area contributed by atoms with E-state index in [1.54, 1.807) is 19.4 Å². The molecule has 0 spiro atoms. The fourth-order valence-corrected chi connectivity index (χ4v) is 5.43. The Morgan fingerprint density at radius 3 is 2.94 bits per heavy atom. The highest BCUT2D eigenvalue weighted by molar-refractivity contribution is 6.32. The van der Waals surface area contributed by atoms with Crippen LogP contribution in [0.5, 0.6) is 11.6 Å². The first kappa shape index (κ1) is 22.7. The zero-order valence-electron chi connectivity index (χ0n) is 20.0. The first-order valence-corrected chi connectivity index (χ1v) is 12.5. The molecule has 184 valence electrons. The average molecular weight is 504 g/mol. The number of hydrogen-bond acceptors (Lipinski definition) is 6. The van der Waals surface area contributed by atoms with E-state index in [-0.39, 0.29) is 17.9 Å². The summed E-state index contributed by atoms with van der Waals surface area (Å²) < 4.78 is 11.7. The van der Waals surface area contributed by atoms with E-state index in [2.05, 4.69) is 27.5 Å². The van der Waals surface area contributed by atoms with E-state index in [0.29, 0.717) is 45.7 Å². The van der Waals surface area contributed by atoms with Crippen molar-refractivity contribution in [1.82, 2.24) is 20.3 Å². The Hall–Kier alpha value is -3.78. The highest BCUT2D eigenvalue weighted by atomic mass is 35.5. The third-order valence-corrected chi connectivity index (χ3v) is 7.21. The number of aromatic nitrogens is 3. The summed E-state index contributed by atoms with van der Waals surface area (Å²) in [5.74, 6) is 1.09. The van der Waals surface area contributed by atoms with Crippen molar-refractivity contribution in [2.45, 2.75) is 38.2 Å². The molecule has 4 aromatic rings. The summed E-state index contributed by atoms with van der Waals surface area (Å²) >= 11 is 6.41. The van der Waals surface area contributed by atoms with E-state index in [4.69, 9.17) is 26.1 Å². The van der Waals surface area contributed by atoms with Crippen molar-refractivity contribution in [3.05, 3.63) is 58.9 Å². The lowest BCUT2D eigenvalue weighted by Gasteiger charge is -2.24. The molecule has 2 atom stereocenters. The molecule has 36 heavy (non-hydrogen) atoms. The maximum absolute atomic E-state index is 13.3. The van der Waals surface area contributed by atoms with E-state index in [1.807, 2.05) is 30.3 Å². The molecule has 3 aromatic heterocycles. The summed E-state index contributed by atoms with van der Waals surface area (Å²) in [5.41, 5.74) is 5.85. The van der Waals surface area contributed by atoms with Crippen LogP contribution in [0, 0.1) is 0 Å². The zero-order valence-corrected chi connectivity index (χ0v) is 20.8. The number of H-pyrrole nitrogens is 1. The predicted molar refractivity (Wildman–Crippen MR) is 140 cm³/mol. The molecule has 3 N–H and O–H groups in total. The molecule has 0 saturated heterocycles. The highest BCUT2D eigenvalue weighted by Crippen LogP contribution is 2.44. The Kier molecular flexibility index (Phi) is 5.68. The molecule has 5 heterocycles. The number of aromatic amines is 1. The SMILES string of the molecule is COc1c(Cl)cccc1Nc1c2[nH]c3c1C(=O)NC[C@H]3CCC[C@@H](C)Oc1ccc3nccc-2c3n1. The minimum absolute atomic E-state index is 0.0272. The summed E-state index contributed by atoms with van der Waals surface area (Å²) in [6.45, 7) is 2.65. The van der Waals surface area contributed by atoms with E-state index >= 15 is 0 Å². The van der Waals surface area contributed by atoms with Crippen molar-refractivity contribution in [3.63, 3.8) is 0 Å². The van der Waals surface area contributed by atoms with Crippen LogP contribution in [0.25, 0.3) is 22.3 Å². The fourth-order valence-electron chi connectivity index (χ4n) is 5.18. The van der Waals surface area contributed by atoms with E-state index in [0.717, 1.165) is 41.7 Å². The summed E-state index contributed by atoms with van der Waals surface area (Å²) in [6.07, 6.45) is 4.54. The van der Waals surface area contributed by atoms with Crippen molar-refractivity contribution < 1.29 is 14.3 Å². The number of anilines is 2. The first-order valence-electron chi connectivity index (χ1n) is 12.1. The lowest BCUT2D eigenvalue weighted by atomic mass is 9.91. The van der Waals surface area contributed by atoms with Gasteiger partial charge in [0.05, 0.1) is 46.4 Å². The Morgan fingerprint density at radius 1 is 1.19 bits per heavy atom. The number of ether oxygens (including phenoxy) is 2. The van der Waals surface area contributed by atoms with E-state index in [9.17, 15) is 4.79 Å². The van der Waals surface area contributed by atoms with Gasteiger partial charge in [0.15, 0.2) is 5.75 Å². The van der Waals surface area contributed by atoms with Gasteiger partial charge in [-0.3, -0.25) is 9.78 Å². The monoisotopic (exact) mass is 503 g/mol. The average Bonchev–Trinajstić information content (AvgIpc) is 3.25. The number of para-hydroxylation sites is 1. The van der Waals surface area contributed by atoms with Gasteiger partial charge in [-0.15, -0.1) is 0 Å².